The summed E-state index contributed by atoms with van der Waals surface area (Å²) in [7, 11) is -4.36. The molecule has 196 valence electrons. The lowest BCUT2D eigenvalue weighted by molar-refractivity contribution is 0.372. The van der Waals surface area contributed by atoms with Gasteiger partial charge in [0.15, 0.2) is 0 Å². The van der Waals surface area contributed by atoms with Gasteiger partial charge in [-0.2, -0.15) is 9.49 Å². The lowest BCUT2D eigenvalue weighted by Crippen LogP contribution is -2.32. The number of sulfonamides is 1. The van der Waals surface area contributed by atoms with E-state index < -0.39 is 26.7 Å². The maximum absolute atomic E-state index is 15.2. The summed E-state index contributed by atoms with van der Waals surface area (Å²) in [5, 5.41) is 4.87. The van der Waals surface area contributed by atoms with Crippen LogP contribution in [0.15, 0.2) is 65.7 Å². The van der Waals surface area contributed by atoms with Crippen LogP contribution >= 0.6 is 0 Å². The van der Waals surface area contributed by atoms with Gasteiger partial charge in [-0.25, -0.2) is 17.8 Å². The molecule has 2 aromatic heterocycles. The molecule has 5 rings (SSSR count). The smallest absolute Gasteiger partial charge is 0.265 e. The second-order valence-corrected chi connectivity index (χ2v) is 11.1. The van der Waals surface area contributed by atoms with Gasteiger partial charge in [0.25, 0.3) is 10.0 Å². The first kappa shape index (κ1) is 25.8. The van der Waals surface area contributed by atoms with Crippen LogP contribution in [0.3, 0.4) is 0 Å². The van der Waals surface area contributed by atoms with Gasteiger partial charge in [-0.05, 0) is 49.6 Å². The Kier molecular flexibility index (Phi) is 7.15. The van der Waals surface area contributed by atoms with E-state index in [2.05, 4.69) is 26.6 Å². The zero-order valence-electron chi connectivity index (χ0n) is 20.7. The SMILES string of the molecule is C[C@H](c1ccccc1C#C[C@@H]1CCCC[C@@H]1N)n1ncc2cc(S(=O)(=O)Nc3cccc(F)n3)c(F)cc21. The van der Waals surface area contributed by atoms with Crippen molar-refractivity contribution in [1.29, 1.82) is 0 Å². The van der Waals surface area contributed by atoms with Gasteiger partial charge in [-0.1, -0.05) is 48.9 Å². The summed E-state index contributed by atoms with van der Waals surface area (Å²) in [5.74, 6) is 4.75. The van der Waals surface area contributed by atoms with Gasteiger partial charge in [0.05, 0.1) is 17.8 Å². The third kappa shape index (κ3) is 5.26. The number of anilines is 1. The van der Waals surface area contributed by atoms with Crippen molar-refractivity contribution in [2.24, 2.45) is 11.7 Å². The second kappa shape index (κ2) is 10.5. The van der Waals surface area contributed by atoms with E-state index in [1.807, 2.05) is 31.2 Å². The van der Waals surface area contributed by atoms with Gasteiger partial charge in [0, 0.05) is 29.0 Å². The molecule has 0 unspecified atom stereocenters. The summed E-state index contributed by atoms with van der Waals surface area (Å²) >= 11 is 0. The molecule has 0 spiro atoms. The van der Waals surface area contributed by atoms with Crippen LogP contribution in [0.25, 0.3) is 10.9 Å². The summed E-state index contributed by atoms with van der Waals surface area (Å²) in [6.45, 7) is 1.93. The highest BCUT2D eigenvalue weighted by molar-refractivity contribution is 7.92. The molecule has 1 aliphatic rings. The molecule has 4 aromatic rings. The molecule has 1 aliphatic carbocycles. The quantitative estimate of drug-likeness (QED) is 0.277. The highest BCUT2D eigenvalue weighted by atomic mass is 32.2. The van der Waals surface area contributed by atoms with Crippen molar-refractivity contribution in [3.8, 4) is 11.8 Å². The van der Waals surface area contributed by atoms with E-state index in [0.29, 0.717) is 10.9 Å². The molecule has 0 amide bonds. The van der Waals surface area contributed by atoms with Crippen molar-refractivity contribution in [1.82, 2.24) is 14.8 Å². The minimum Gasteiger partial charge on any atom is -0.327 e. The van der Waals surface area contributed by atoms with E-state index in [1.54, 1.807) is 4.68 Å². The molecule has 3 N–H and O–H groups in total. The van der Waals surface area contributed by atoms with E-state index in [0.717, 1.165) is 48.9 Å². The molecule has 1 saturated carbocycles. The van der Waals surface area contributed by atoms with Crippen molar-refractivity contribution in [2.75, 3.05) is 4.72 Å². The Labute approximate surface area is 220 Å². The highest BCUT2D eigenvalue weighted by Gasteiger charge is 2.24. The maximum Gasteiger partial charge on any atom is 0.265 e. The molecule has 0 radical (unpaired) electrons. The number of halogens is 2. The molecule has 7 nitrogen and oxygen atoms in total. The van der Waals surface area contributed by atoms with Crippen LogP contribution in [-0.2, 0) is 10.0 Å². The summed E-state index contributed by atoms with van der Waals surface area (Å²) in [4.78, 5) is 2.90. The molecule has 10 heteroatoms. The van der Waals surface area contributed by atoms with E-state index in [9.17, 15) is 12.8 Å². The van der Waals surface area contributed by atoms with Crippen molar-refractivity contribution < 1.29 is 17.2 Å². The lowest BCUT2D eigenvalue weighted by atomic mass is 9.85. The van der Waals surface area contributed by atoms with Crippen LogP contribution in [0, 0.1) is 29.5 Å². The minimum absolute atomic E-state index is 0.0792. The van der Waals surface area contributed by atoms with E-state index in [4.69, 9.17) is 5.73 Å². The summed E-state index contributed by atoms with van der Waals surface area (Å²) < 4.78 is 58.0. The summed E-state index contributed by atoms with van der Waals surface area (Å²) in [6.07, 6.45) is 5.72. The zero-order valence-corrected chi connectivity index (χ0v) is 21.6. The number of fused-ring (bicyclic) bond motifs is 1. The maximum atomic E-state index is 15.2. The Bertz CT molecular complexity index is 1660. The second-order valence-electron chi connectivity index (χ2n) is 9.47. The normalized spacial score (nSPS) is 18.5. The first-order chi connectivity index (χ1) is 18.2. The van der Waals surface area contributed by atoms with E-state index in [1.165, 1.54) is 24.4 Å². The number of aromatic nitrogens is 3. The van der Waals surface area contributed by atoms with Gasteiger partial charge in [0.1, 0.15) is 16.5 Å². The van der Waals surface area contributed by atoms with Crippen molar-refractivity contribution in [3.05, 3.63) is 83.7 Å². The fraction of sp³-hybridized carbons (Fsp3) is 0.286. The Hall–Kier alpha value is -3.81. The number of nitrogens with zero attached hydrogens (tertiary/aromatic N) is 3. The summed E-state index contributed by atoms with van der Waals surface area (Å²) in [6, 6.07) is 13.5. The first-order valence-electron chi connectivity index (χ1n) is 12.4. The number of benzene rings is 2. The van der Waals surface area contributed by atoms with Crippen LogP contribution in [0.5, 0.6) is 0 Å². The van der Waals surface area contributed by atoms with Crippen LogP contribution in [-0.4, -0.2) is 29.2 Å². The largest absolute Gasteiger partial charge is 0.327 e. The Morgan fingerprint density at radius 3 is 2.68 bits per heavy atom. The predicted molar refractivity (Wildman–Crippen MR) is 142 cm³/mol. The lowest BCUT2D eigenvalue weighted by Gasteiger charge is -2.24. The average molecular weight is 536 g/mol. The van der Waals surface area contributed by atoms with Crippen molar-refractivity contribution in [2.45, 2.75) is 49.6 Å². The number of nitrogens with two attached hydrogens (primary N) is 1. The molecule has 2 heterocycles. The van der Waals surface area contributed by atoms with E-state index in [-0.39, 0.29) is 23.8 Å². The van der Waals surface area contributed by atoms with Crippen molar-refractivity contribution in [3.63, 3.8) is 0 Å². The predicted octanol–water partition coefficient (Wildman–Crippen LogP) is 4.99. The first-order valence-corrected chi connectivity index (χ1v) is 13.9. The van der Waals surface area contributed by atoms with Gasteiger partial charge in [0.2, 0.25) is 5.95 Å². The molecule has 0 aliphatic heterocycles. The fourth-order valence-corrected chi connectivity index (χ4v) is 5.93. The third-order valence-corrected chi connectivity index (χ3v) is 8.25. The van der Waals surface area contributed by atoms with Gasteiger partial charge < -0.3 is 5.73 Å². The topological polar surface area (TPSA) is 103 Å². The molecule has 0 bridgehead atoms. The molecular weight excluding hydrogens is 508 g/mol. The van der Waals surface area contributed by atoms with Crippen molar-refractivity contribution >= 4 is 26.7 Å². The average Bonchev–Trinajstić information content (AvgIpc) is 3.30. The fourth-order valence-electron chi connectivity index (χ4n) is 4.84. The number of rotatable bonds is 5. The van der Waals surface area contributed by atoms with Crippen LogP contribution in [0.2, 0.25) is 0 Å². The molecule has 2 aromatic carbocycles. The van der Waals surface area contributed by atoms with E-state index >= 15 is 4.39 Å². The Morgan fingerprint density at radius 1 is 1.11 bits per heavy atom. The molecule has 0 saturated heterocycles. The van der Waals surface area contributed by atoms with Crippen LogP contribution < -0.4 is 10.5 Å². The van der Waals surface area contributed by atoms with Gasteiger partial charge in [-0.3, -0.25) is 9.40 Å². The number of hydrogen-bond acceptors (Lipinski definition) is 5. The number of nitrogens with one attached hydrogen (secondary N) is 1. The number of hydrogen-bond donors (Lipinski definition) is 2. The molecule has 38 heavy (non-hydrogen) atoms. The van der Waals surface area contributed by atoms with Crippen LogP contribution in [0.4, 0.5) is 14.6 Å². The third-order valence-electron chi connectivity index (χ3n) is 6.88. The monoisotopic (exact) mass is 535 g/mol. The van der Waals surface area contributed by atoms with Crippen LogP contribution in [0.1, 0.15) is 49.8 Å². The number of pyridine rings is 1. The summed E-state index contributed by atoms with van der Waals surface area (Å²) in [5.41, 5.74) is 8.44. The zero-order chi connectivity index (χ0) is 26.9. The molecule has 1 fully saturated rings. The minimum atomic E-state index is -4.36. The molecule has 3 atom stereocenters. The Morgan fingerprint density at radius 2 is 1.89 bits per heavy atom. The molecular formula is C28H27F2N5O2S. The standard InChI is InChI=1S/C28H27F2N5O2S/c1-18(22-9-4-2-7-19(22)13-14-20-8-3-5-10-24(20)31)35-25-16-23(29)26(15-21(25)17-32-35)38(36,37)34-28-12-6-11-27(30)33-28/h2,4,6-7,9,11-12,15-18,20,24H,3,5,8,10,31H2,1H3,(H,33,34)/t18-,20+,24+/m1/s1. The van der Waals surface area contributed by atoms with Gasteiger partial charge in [-0.15, -0.1) is 0 Å². The Balaban J connectivity index is 1.47. The van der Waals surface area contributed by atoms with Gasteiger partial charge >= 0.3 is 0 Å². The highest BCUT2D eigenvalue weighted by Crippen LogP contribution is 2.29.